The van der Waals surface area contributed by atoms with Crippen molar-refractivity contribution in [3.8, 4) is 0 Å². The maximum atomic E-state index is 12.5. The van der Waals surface area contributed by atoms with E-state index >= 15 is 0 Å². The number of hydrogen-bond donors (Lipinski definition) is 1. The van der Waals surface area contributed by atoms with Gasteiger partial charge in [-0.15, -0.1) is 0 Å². The number of rotatable bonds is 7. The van der Waals surface area contributed by atoms with Crippen LogP contribution in [0.3, 0.4) is 0 Å². The summed E-state index contributed by atoms with van der Waals surface area (Å²) in [6, 6.07) is 10.8. The topological polar surface area (TPSA) is 89.5 Å². The Morgan fingerprint density at radius 3 is 2.37 bits per heavy atom. The van der Waals surface area contributed by atoms with Crippen LogP contribution >= 0.6 is 0 Å². The van der Waals surface area contributed by atoms with E-state index in [0.29, 0.717) is 5.56 Å². The number of ketones is 1. The molecule has 0 bridgehead atoms. The molecule has 0 saturated carbocycles. The molecule has 144 valence electrons. The van der Waals surface area contributed by atoms with Crippen molar-refractivity contribution in [1.82, 2.24) is 4.72 Å². The van der Waals surface area contributed by atoms with Gasteiger partial charge in [0, 0.05) is 12.1 Å². The molecule has 6 nitrogen and oxygen atoms in total. The van der Waals surface area contributed by atoms with Gasteiger partial charge in [0.25, 0.3) is 0 Å². The average Bonchev–Trinajstić information content (AvgIpc) is 2.63. The molecule has 0 aliphatic carbocycles. The Balaban J connectivity index is 2.16. The van der Waals surface area contributed by atoms with E-state index in [1.807, 2.05) is 19.9 Å². The van der Waals surface area contributed by atoms with Crippen molar-refractivity contribution in [3.05, 3.63) is 64.7 Å². The lowest BCUT2D eigenvalue weighted by Gasteiger charge is -2.14. The fourth-order valence-electron chi connectivity index (χ4n) is 2.48. The first kappa shape index (κ1) is 20.8. The number of ether oxygens (including phenoxy) is 1. The second-order valence-corrected chi connectivity index (χ2v) is 8.01. The van der Waals surface area contributed by atoms with E-state index in [-0.39, 0.29) is 22.8 Å². The van der Waals surface area contributed by atoms with Crippen LogP contribution in [0.4, 0.5) is 0 Å². The zero-order valence-electron chi connectivity index (χ0n) is 15.8. The molecule has 2 aromatic carbocycles. The fraction of sp³-hybridized carbons (Fsp3) is 0.300. The van der Waals surface area contributed by atoms with Crippen LogP contribution in [0.1, 0.15) is 45.7 Å². The monoisotopic (exact) mass is 389 g/mol. The van der Waals surface area contributed by atoms with Crippen LogP contribution in [-0.2, 0) is 14.8 Å². The highest BCUT2D eigenvalue weighted by Crippen LogP contribution is 2.16. The fourth-order valence-corrected chi connectivity index (χ4v) is 3.56. The molecule has 0 aliphatic rings. The Kier molecular flexibility index (Phi) is 6.51. The number of carbonyl (C=O) groups is 2. The Bertz CT molecular complexity index is 966. The predicted molar refractivity (Wildman–Crippen MR) is 102 cm³/mol. The van der Waals surface area contributed by atoms with Gasteiger partial charge >= 0.3 is 5.97 Å². The molecule has 1 unspecified atom stereocenters. The summed E-state index contributed by atoms with van der Waals surface area (Å²) in [5, 5.41) is 0. The number of sulfonamides is 1. The molecule has 0 fully saturated rings. The van der Waals surface area contributed by atoms with Gasteiger partial charge in [0.2, 0.25) is 15.8 Å². The highest BCUT2D eigenvalue weighted by Gasteiger charge is 2.22. The first-order valence-corrected chi connectivity index (χ1v) is 10.1. The van der Waals surface area contributed by atoms with Crippen LogP contribution in [0, 0.1) is 13.8 Å². The van der Waals surface area contributed by atoms with Gasteiger partial charge in [-0.3, -0.25) is 4.79 Å². The van der Waals surface area contributed by atoms with Crippen molar-refractivity contribution in [1.29, 1.82) is 0 Å². The van der Waals surface area contributed by atoms with Crippen molar-refractivity contribution in [2.45, 2.75) is 38.7 Å². The summed E-state index contributed by atoms with van der Waals surface area (Å²) in [7, 11) is -3.69. The number of nitrogens with one attached hydrogen (secondary N) is 1. The lowest BCUT2D eigenvalue weighted by molar-refractivity contribution is 0.0318. The minimum atomic E-state index is -3.69. The summed E-state index contributed by atoms with van der Waals surface area (Å²) in [5.74, 6) is -1.07. The van der Waals surface area contributed by atoms with Crippen LogP contribution in [0.15, 0.2) is 47.4 Å². The molecule has 2 rings (SSSR count). The van der Waals surface area contributed by atoms with Gasteiger partial charge in [-0.2, -0.15) is 0 Å². The number of esters is 1. The molecule has 0 heterocycles. The minimum Gasteiger partial charge on any atom is -0.451 e. The van der Waals surface area contributed by atoms with Crippen LogP contribution in [0.5, 0.6) is 0 Å². The highest BCUT2D eigenvalue weighted by molar-refractivity contribution is 7.89. The van der Waals surface area contributed by atoms with Gasteiger partial charge in [-0.25, -0.2) is 17.9 Å². The Hall–Kier alpha value is -2.51. The Morgan fingerprint density at radius 2 is 1.74 bits per heavy atom. The van der Waals surface area contributed by atoms with Gasteiger partial charge in [-0.05, 0) is 56.2 Å². The van der Waals surface area contributed by atoms with Crippen LogP contribution in [-0.4, -0.2) is 32.8 Å². The quantitative estimate of drug-likeness (QED) is 0.581. The zero-order chi connectivity index (χ0) is 20.2. The molecular formula is C20H23NO5S. The second kappa shape index (κ2) is 8.45. The van der Waals surface area contributed by atoms with Crippen molar-refractivity contribution in [2.75, 3.05) is 6.54 Å². The molecule has 1 N–H and O–H groups in total. The van der Waals surface area contributed by atoms with Gasteiger partial charge in [0.05, 0.1) is 10.5 Å². The summed E-state index contributed by atoms with van der Waals surface area (Å²) in [4.78, 5) is 24.8. The van der Waals surface area contributed by atoms with E-state index in [1.54, 1.807) is 19.1 Å². The first-order valence-electron chi connectivity index (χ1n) is 8.58. The number of hydrogen-bond acceptors (Lipinski definition) is 5. The van der Waals surface area contributed by atoms with Crippen molar-refractivity contribution >= 4 is 21.8 Å². The van der Waals surface area contributed by atoms with Gasteiger partial charge in [-0.1, -0.05) is 25.1 Å². The van der Waals surface area contributed by atoms with Crippen LogP contribution in [0.25, 0.3) is 0 Å². The zero-order valence-corrected chi connectivity index (χ0v) is 16.6. The number of aryl methyl sites for hydroxylation is 2. The van der Waals surface area contributed by atoms with E-state index in [1.165, 1.54) is 31.2 Å². The highest BCUT2D eigenvalue weighted by atomic mass is 32.2. The second-order valence-electron chi connectivity index (χ2n) is 6.24. The molecule has 0 saturated heterocycles. The third-order valence-electron chi connectivity index (χ3n) is 4.16. The van der Waals surface area contributed by atoms with Gasteiger partial charge < -0.3 is 4.74 Å². The summed E-state index contributed by atoms with van der Waals surface area (Å²) in [6.07, 6.45) is -0.992. The van der Waals surface area contributed by atoms with E-state index < -0.39 is 22.1 Å². The molecule has 0 amide bonds. The normalized spacial score (nSPS) is 12.4. The molecule has 0 spiro atoms. The Morgan fingerprint density at radius 1 is 1.04 bits per heavy atom. The SMILES string of the molecule is CCNS(=O)(=O)c1cccc(C(=O)OC(C)C(=O)c2ccc(C)c(C)c2)c1. The average molecular weight is 389 g/mol. The largest absolute Gasteiger partial charge is 0.451 e. The van der Waals surface area contributed by atoms with E-state index in [9.17, 15) is 18.0 Å². The van der Waals surface area contributed by atoms with Crippen molar-refractivity contribution in [3.63, 3.8) is 0 Å². The van der Waals surface area contributed by atoms with E-state index in [0.717, 1.165) is 11.1 Å². The standard InChI is InChI=1S/C20H23NO5S/c1-5-21-27(24,25)18-8-6-7-17(12-18)20(23)26-15(4)19(22)16-10-9-13(2)14(3)11-16/h6-12,15,21H,5H2,1-4H3. The van der Waals surface area contributed by atoms with Crippen LogP contribution in [0.2, 0.25) is 0 Å². The maximum Gasteiger partial charge on any atom is 0.338 e. The lowest BCUT2D eigenvalue weighted by atomic mass is 10.0. The smallest absolute Gasteiger partial charge is 0.338 e. The molecule has 0 radical (unpaired) electrons. The summed E-state index contributed by atoms with van der Waals surface area (Å²) in [5.41, 5.74) is 2.56. The lowest BCUT2D eigenvalue weighted by Crippen LogP contribution is -2.25. The van der Waals surface area contributed by atoms with Crippen molar-refractivity contribution in [2.24, 2.45) is 0 Å². The Labute approximate surface area is 159 Å². The third-order valence-corrected chi connectivity index (χ3v) is 5.70. The summed E-state index contributed by atoms with van der Waals surface area (Å²) >= 11 is 0. The summed E-state index contributed by atoms with van der Waals surface area (Å²) < 4.78 is 31.7. The minimum absolute atomic E-state index is 0.0352. The van der Waals surface area contributed by atoms with Crippen molar-refractivity contribution < 1.29 is 22.7 Å². The maximum absolute atomic E-state index is 12.5. The predicted octanol–water partition coefficient (Wildman–Crippen LogP) is 3.03. The summed E-state index contributed by atoms with van der Waals surface area (Å²) in [6.45, 7) is 7.24. The van der Waals surface area contributed by atoms with E-state index in [2.05, 4.69) is 4.72 Å². The molecule has 0 aliphatic heterocycles. The molecule has 2 aromatic rings. The molecule has 1 atom stereocenters. The number of Topliss-reactive ketones (excluding diaryl/α,β-unsaturated/α-hetero) is 1. The van der Waals surface area contributed by atoms with E-state index in [4.69, 9.17) is 4.74 Å². The van der Waals surface area contributed by atoms with Gasteiger partial charge in [0.1, 0.15) is 0 Å². The van der Waals surface area contributed by atoms with Crippen LogP contribution < -0.4 is 4.72 Å². The molecule has 0 aromatic heterocycles. The van der Waals surface area contributed by atoms with Gasteiger partial charge in [0.15, 0.2) is 6.10 Å². The first-order chi connectivity index (χ1) is 12.7. The number of carbonyl (C=O) groups excluding carboxylic acids is 2. The molecule has 7 heteroatoms. The number of benzene rings is 2. The molecule has 27 heavy (non-hydrogen) atoms. The third kappa shape index (κ3) is 5.02. The molecular weight excluding hydrogens is 366 g/mol.